The van der Waals surface area contributed by atoms with Gasteiger partial charge in [0.1, 0.15) is 0 Å². The van der Waals surface area contributed by atoms with Crippen molar-refractivity contribution in [1.82, 2.24) is 0 Å². The molecule has 0 bridgehead atoms. The van der Waals surface area contributed by atoms with E-state index < -0.39 is 6.43 Å². The second-order valence-electron chi connectivity index (χ2n) is 3.74. The lowest BCUT2D eigenvalue weighted by atomic mass is 10.1. The Hall–Kier alpha value is -1.36. The van der Waals surface area contributed by atoms with Crippen LogP contribution in [-0.2, 0) is 4.74 Å². The number of hydrogen-bond acceptors (Lipinski definition) is 3. The molecular formula is C12H18F2N2O. The highest BCUT2D eigenvalue weighted by Crippen LogP contribution is 2.30. The maximum Gasteiger partial charge on any atom is 0.265 e. The van der Waals surface area contributed by atoms with Gasteiger partial charge in [0.05, 0.1) is 6.61 Å². The Labute approximate surface area is 100 Å². The van der Waals surface area contributed by atoms with Gasteiger partial charge in [-0.15, -0.1) is 0 Å². The van der Waals surface area contributed by atoms with E-state index in [9.17, 15) is 8.78 Å². The monoisotopic (exact) mass is 244 g/mol. The summed E-state index contributed by atoms with van der Waals surface area (Å²) in [5, 5.41) is 0. The van der Waals surface area contributed by atoms with Gasteiger partial charge in [0, 0.05) is 37.1 Å². The minimum atomic E-state index is -2.52. The third-order valence-electron chi connectivity index (χ3n) is 2.47. The molecule has 0 fully saturated rings. The summed E-state index contributed by atoms with van der Waals surface area (Å²) in [7, 11) is 1.76. The van der Waals surface area contributed by atoms with E-state index in [4.69, 9.17) is 10.5 Å². The Morgan fingerprint density at radius 3 is 2.71 bits per heavy atom. The van der Waals surface area contributed by atoms with Crippen molar-refractivity contribution in [2.24, 2.45) is 0 Å². The molecule has 0 aliphatic heterocycles. The summed E-state index contributed by atoms with van der Waals surface area (Å²) >= 11 is 0. The summed E-state index contributed by atoms with van der Waals surface area (Å²) < 4.78 is 30.9. The standard InChI is InChI=1S/C12H18F2N2O/c1-3-17-7-6-16(2)11-5-4-9(15)8-10(11)12(13)14/h4-5,8,12H,3,6-7,15H2,1-2H3. The molecule has 0 atom stereocenters. The molecule has 96 valence electrons. The van der Waals surface area contributed by atoms with E-state index in [-0.39, 0.29) is 5.56 Å². The number of rotatable bonds is 6. The van der Waals surface area contributed by atoms with Crippen molar-refractivity contribution in [2.45, 2.75) is 13.3 Å². The summed E-state index contributed by atoms with van der Waals surface area (Å²) in [5.41, 5.74) is 6.32. The van der Waals surface area contributed by atoms with E-state index in [1.807, 2.05) is 6.92 Å². The summed E-state index contributed by atoms with van der Waals surface area (Å²) in [6, 6.07) is 4.55. The molecule has 0 saturated heterocycles. The number of nitrogens with zero attached hydrogens (tertiary/aromatic N) is 1. The molecule has 1 aromatic rings. The Kier molecular flexibility index (Phi) is 5.15. The number of hydrogen-bond donors (Lipinski definition) is 1. The van der Waals surface area contributed by atoms with Crippen LogP contribution in [0.4, 0.5) is 20.2 Å². The van der Waals surface area contributed by atoms with Gasteiger partial charge in [0.15, 0.2) is 0 Å². The van der Waals surface area contributed by atoms with Crippen molar-refractivity contribution in [1.29, 1.82) is 0 Å². The van der Waals surface area contributed by atoms with Crippen LogP contribution in [0.2, 0.25) is 0 Å². The van der Waals surface area contributed by atoms with Crippen LogP contribution < -0.4 is 10.6 Å². The van der Waals surface area contributed by atoms with Crippen molar-refractivity contribution in [3.8, 4) is 0 Å². The molecule has 0 radical (unpaired) electrons. The van der Waals surface area contributed by atoms with Crippen LogP contribution in [-0.4, -0.2) is 26.8 Å². The van der Waals surface area contributed by atoms with E-state index in [1.54, 1.807) is 24.1 Å². The van der Waals surface area contributed by atoms with E-state index in [2.05, 4.69) is 0 Å². The largest absolute Gasteiger partial charge is 0.399 e. The molecular weight excluding hydrogens is 226 g/mol. The fraction of sp³-hybridized carbons (Fsp3) is 0.500. The highest BCUT2D eigenvalue weighted by molar-refractivity contribution is 5.59. The maximum atomic E-state index is 12.8. The van der Waals surface area contributed by atoms with Gasteiger partial charge in [-0.1, -0.05) is 0 Å². The molecule has 0 heterocycles. The molecule has 0 amide bonds. The number of benzene rings is 1. The third kappa shape index (κ3) is 3.85. The van der Waals surface area contributed by atoms with Crippen LogP contribution in [0.3, 0.4) is 0 Å². The van der Waals surface area contributed by atoms with Crippen molar-refractivity contribution in [2.75, 3.05) is 37.4 Å². The normalized spacial score (nSPS) is 10.9. The fourth-order valence-corrected chi connectivity index (χ4v) is 1.56. The molecule has 0 aromatic heterocycles. The minimum Gasteiger partial charge on any atom is -0.399 e. The van der Waals surface area contributed by atoms with Crippen molar-refractivity contribution in [3.63, 3.8) is 0 Å². The molecule has 0 saturated carbocycles. The van der Waals surface area contributed by atoms with Crippen LogP contribution in [0.25, 0.3) is 0 Å². The Balaban J connectivity index is 2.81. The number of nitrogens with two attached hydrogens (primary N) is 1. The molecule has 17 heavy (non-hydrogen) atoms. The molecule has 0 aliphatic carbocycles. The van der Waals surface area contributed by atoms with E-state index >= 15 is 0 Å². The quantitative estimate of drug-likeness (QED) is 0.617. The molecule has 2 N–H and O–H groups in total. The van der Waals surface area contributed by atoms with Gasteiger partial charge < -0.3 is 15.4 Å². The molecule has 1 rings (SSSR count). The van der Waals surface area contributed by atoms with Gasteiger partial charge in [0.25, 0.3) is 6.43 Å². The van der Waals surface area contributed by atoms with E-state index in [0.29, 0.717) is 31.1 Å². The van der Waals surface area contributed by atoms with Crippen LogP contribution in [0.5, 0.6) is 0 Å². The van der Waals surface area contributed by atoms with Crippen molar-refractivity contribution >= 4 is 11.4 Å². The van der Waals surface area contributed by atoms with Gasteiger partial charge in [-0.05, 0) is 25.1 Å². The first-order valence-corrected chi connectivity index (χ1v) is 5.52. The van der Waals surface area contributed by atoms with Gasteiger partial charge in [-0.3, -0.25) is 0 Å². The molecule has 0 spiro atoms. The number of likely N-dealkylation sites (N-methyl/N-ethyl adjacent to an activating group) is 1. The predicted octanol–water partition coefficient (Wildman–Crippen LogP) is 2.68. The van der Waals surface area contributed by atoms with Crippen molar-refractivity contribution < 1.29 is 13.5 Å². The predicted molar refractivity (Wildman–Crippen MR) is 65.6 cm³/mol. The zero-order valence-corrected chi connectivity index (χ0v) is 10.1. The first kappa shape index (κ1) is 13.7. The van der Waals surface area contributed by atoms with Crippen LogP contribution in [0.15, 0.2) is 18.2 Å². The number of nitrogen functional groups attached to an aromatic ring is 1. The third-order valence-corrected chi connectivity index (χ3v) is 2.47. The lowest BCUT2D eigenvalue weighted by Gasteiger charge is -2.22. The fourth-order valence-electron chi connectivity index (χ4n) is 1.56. The topological polar surface area (TPSA) is 38.5 Å². The average Bonchev–Trinajstić information content (AvgIpc) is 2.29. The second-order valence-corrected chi connectivity index (χ2v) is 3.74. The van der Waals surface area contributed by atoms with Gasteiger partial charge >= 0.3 is 0 Å². The number of ether oxygens (including phenoxy) is 1. The lowest BCUT2D eigenvalue weighted by molar-refractivity contribution is 0.149. The smallest absolute Gasteiger partial charge is 0.265 e. The van der Waals surface area contributed by atoms with Gasteiger partial charge in [-0.25, -0.2) is 8.78 Å². The number of halogens is 2. The first-order chi connectivity index (χ1) is 8.06. The second kappa shape index (κ2) is 6.39. The average molecular weight is 244 g/mol. The first-order valence-electron chi connectivity index (χ1n) is 5.52. The Bertz CT molecular complexity index is 358. The molecule has 0 unspecified atom stereocenters. The van der Waals surface area contributed by atoms with Gasteiger partial charge in [0.2, 0.25) is 0 Å². The Morgan fingerprint density at radius 2 is 2.12 bits per heavy atom. The summed E-state index contributed by atoms with van der Waals surface area (Å²) in [6.45, 7) is 3.60. The zero-order chi connectivity index (χ0) is 12.8. The van der Waals surface area contributed by atoms with E-state index in [1.165, 1.54) is 6.07 Å². The highest BCUT2D eigenvalue weighted by atomic mass is 19.3. The SMILES string of the molecule is CCOCCN(C)c1ccc(N)cc1C(F)F. The molecule has 0 aliphatic rings. The van der Waals surface area contributed by atoms with Crippen LogP contribution >= 0.6 is 0 Å². The summed E-state index contributed by atoms with van der Waals surface area (Å²) in [5.74, 6) is 0. The number of alkyl halides is 2. The van der Waals surface area contributed by atoms with Gasteiger partial charge in [-0.2, -0.15) is 0 Å². The maximum absolute atomic E-state index is 12.8. The van der Waals surface area contributed by atoms with Crippen molar-refractivity contribution in [3.05, 3.63) is 23.8 Å². The van der Waals surface area contributed by atoms with Crippen LogP contribution in [0.1, 0.15) is 18.9 Å². The molecule has 1 aromatic carbocycles. The lowest BCUT2D eigenvalue weighted by Crippen LogP contribution is -2.23. The molecule has 5 heteroatoms. The Morgan fingerprint density at radius 1 is 1.41 bits per heavy atom. The highest BCUT2D eigenvalue weighted by Gasteiger charge is 2.15. The van der Waals surface area contributed by atoms with E-state index in [0.717, 1.165) is 0 Å². The minimum absolute atomic E-state index is 0.0380. The summed E-state index contributed by atoms with van der Waals surface area (Å²) in [4.78, 5) is 1.75. The zero-order valence-electron chi connectivity index (χ0n) is 10.1. The summed E-state index contributed by atoms with van der Waals surface area (Å²) in [6.07, 6.45) is -2.52. The number of anilines is 2. The molecule has 3 nitrogen and oxygen atoms in total. The van der Waals surface area contributed by atoms with Crippen LogP contribution in [0, 0.1) is 0 Å².